The van der Waals surface area contributed by atoms with Gasteiger partial charge in [0.1, 0.15) is 0 Å². The van der Waals surface area contributed by atoms with Crippen LogP contribution in [0.5, 0.6) is 0 Å². The van der Waals surface area contributed by atoms with Crippen LogP contribution in [-0.4, -0.2) is 19.7 Å². The van der Waals surface area contributed by atoms with Crippen LogP contribution in [0, 0.1) is 12.1 Å². The Bertz CT molecular complexity index is 399. The van der Waals surface area contributed by atoms with Crippen LogP contribution >= 0.6 is 0 Å². The molecule has 1 aromatic rings. The highest BCUT2D eigenvalue weighted by atomic mass is 32.2. The molecule has 6 heteroatoms. The van der Waals surface area contributed by atoms with Gasteiger partial charge in [-0.05, 0) is 0 Å². The van der Waals surface area contributed by atoms with Crippen LogP contribution in [0.4, 0.5) is 0 Å². The Balaban J connectivity index is 3.43. The van der Waals surface area contributed by atoms with Gasteiger partial charge < -0.3 is 5.21 Å². The third-order valence-electron chi connectivity index (χ3n) is 1.30. The summed E-state index contributed by atoms with van der Waals surface area (Å²) in [5.74, 6) is 0. The largest absolute Gasteiger partial charge is 0.710 e. The first-order valence-electron chi connectivity index (χ1n) is 3.17. The number of hydrogen-bond acceptors (Lipinski definition) is 4. The molecule has 0 unspecified atom stereocenters. The molecule has 0 aliphatic carbocycles. The molecule has 0 saturated heterocycles. The zero-order valence-corrected chi connectivity index (χ0v) is 7.50. The van der Waals surface area contributed by atoms with Crippen LogP contribution in [0.2, 0.25) is 0 Å². The molecule has 1 heterocycles. The summed E-state index contributed by atoms with van der Waals surface area (Å²) in [6.45, 7) is 1.62. The van der Waals surface area contributed by atoms with Gasteiger partial charge in [0.15, 0.2) is 5.69 Å². The molecule has 0 amide bonds. The van der Waals surface area contributed by atoms with Crippen LogP contribution in [0.15, 0.2) is 17.4 Å². The van der Waals surface area contributed by atoms with Crippen molar-refractivity contribution in [1.82, 2.24) is 4.98 Å². The van der Waals surface area contributed by atoms with Crippen molar-refractivity contribution in [1.29, 1.82) is 0 Å². The van der Waals surface area contributed by atoms with Crippen molar-refractivity contribution in [3.63, 3.8) is 0 Å². The predicted octanol–water partition coefficient (Wildman–Crippen LogP) is -0.573. The van der Waals surface area contributed by atoms with Gasteiger partial charge in [-0.3, -0.25) is 0 Å². The zero-order valence-electron chi connectivity index (χ0n) is 6.68. The fraction of sp³-hybridized carbons (Fsp3) is 0.333. The van der Waals surface area contributed by atoms with Gasteiger partial charge in [-0.2, -0.15) is 0 Å². The lowest BCUT2D eigenvalue weighted by atomic mass is 10.5. The molecule has 0 spiro atoms. The van der Waals surface area contributed by atoms with Gasteiger partial charge in [0.25, 0.3) is 6.33 Å². The van der Waals surface area contributed by atoms with E-state index in [1.807, 2.05) is 0 Å². The molecule has 0 aliphatic rings. The van der Waals surface area contributed by atoms with Crippen LogP contribution in [0.25, 0.3) is 0 Å². The van der Waals surface area contributed by atoms with Gasteiger partial charge in [-0.15, -0.1) is 0 Å². The number of aromatic nitrogens is 2. The van der Waals surface area contributed by atoms with E-state index in [0.29, 0.717) is 5.69 Å². The Morgan fingerprint density at radius 2 is 2.17 bits per heavy atom. The minimum absolute atomic E-state index is 0.238. The average molecular weight is 188 g/mol. The van der Waals surface area contributed by atoms with Crippen LogP contribution < -0.4 is 4.73 Å². The normalized spacial score (nSPS) is 11.5. The van der Waals surface area contributed by atoms with Crippen LogP contribution in [0.1, 0.15) is 5.69 Å². The van der Waals surface area contributed by atoms with Gasteiger partial charge in [0.05, 0.1) is 0 Å². The van der Waals surface area contributed by atoms with Crippen molar-refractivity contribution >= 4 is 9.84 Å². The van der Waals surface area contributed by atoms with E-state index in [0.717, 1.165) is 12.6 Å². The summed E-state index contributed by atoms with van der Waals surface area (Å²) < 4.78 is 22.2. The first-order valence-corrected chi connectivity index (χ1v) is 5.06. The number of hydrogen-bond donors (Lipinski definition) is 0. The summed E-state index contributed by atoms with van der Waals surface area (Å²) in [4.78, 5) is 3.64. The lowest BCUT2D eigenvalue weighted by Gasteiger charge is -2.04. The smallest absolute Gasteiger partial charge is 0.290 e. The summed E-state index contributed by atoms with van der Waals surface area (Å²) in [5, 5.41) is 10.6. The average Bonchev–Trinajstić information content (AvgIpc) is 1.92. The van der Waals surface area contributed by atoms with E-state index in [1.54, 1.807) is 6.92 Å². The summed E-state index contributed by atoms with van der Waals surface area (Å²) in [6, 6.07) is 1.24. The highest BCUT2D eigenvalue weighted by Crippen LogP contribution is 2.01. The molecule has 5 nitrogen and oxygen atoms in total. The van der Waals surface area contributed by atoms with E-state index >= 15 is 0 Å². The molecule has 0 aliphatic heterocycles. The second-order valence-corrected chi connectivity index (χ2v) is 4.43. The summed E-state index contributed by atoms with van der Waals surface area (Å²) in [6.07, 6.45) is 1.92. The maximum atomic E-state index is 11.0. The Morgan fingerprint density at radius 1 is 1.58 bits per heavy atom. The Hall–Kier alpha value is -1.17. The molecular weight excluding hydrogens is 180 g/mol. The van der Waals surface area contributed by atoms with E-state index in [4.69, 9.17) is 0 Å². The Labute approximate surface area is 70.2 Å². The molecule has 1 rings (SSSR count). The highest BCUT2D eigenvalue weighted by Gasteiger charge is 2.14. The summed E-state index contributed by atoms with van der Waals surface area (Å²) >= 11 is 0. The standard InChI is InChI=1S/C6H8N2O3S/c1-5-3-6(12(2,10)11)8(9)4-7-5/h3-4H,1-2H3. The van der Waals surface area contributed by atoms with Crippen molar-refractivity contribution < 1.29 is 13.1 Å². The van der Waals surface area contributed by atoms with Crippen molar-refractivity contribution in [2.24, 2.45) is 0 Å². The minimum Gasteiger partial charge on any atom is -0.710 e. The molecule has 12 heavy (non-hydrogen) atoms. The maximum Gasteiger partial charge on any atom is 0.290 e. The van der Waals surface area contributed by atoms with E-state index in [-0.39, 0.29) is 9.76 Å². The number of sulfone groups is 1. The van der Waals surface area contributed by atoms with Crippen molar-refractivity contribution in [2.75, 3.05) is 6.26 Å². The third-order valence-corrected chi connectivity index (χ3v) is 2.35. The second-order valence-electron chi connectivity index (χ2n) is 2.47. The van der Waals surface area contributed by atoms with Gasteiger partial charge in [-0.1, -0.05) is 4.98 Å². The molecule has 66 valence electrons. The second kappa shape index (κ2) is 2.71. The molecule has 0 atom stereocenters. The van der Waals surface area contributed by atoms with E-state index in [1.165, 1.54) is 6.07 Å². The number of aryl methyl sites for hydroxylation is 1. The quantitative estimate of drug-likeness (QED) is 0.336. The van der Waals surface area contributed by atoms with E-state index in [2.05, 4.69) is 4.98 Å². The fourth-order valence-electron chi connectivity index (χ4n) is 0.750. The van der Waals surface area contributed by atoms with Crippen LogP contribution in [0.3, 0.4) is 0 Å². The third kappa shape index (κ3) is 1.70. The van der Waals surface area contributed by atoms with E-state index < -0.39 is 9.84 Å². The summed E-state index contributed by atoms with van der Waals surface area (Å²) in [7, 11) is -3.45. The van der Waals surface area contributed by atoms with Gasteiger partial charge >= 0.3 is 0 Å². The molecule has 0 fully saturated rings. The van der Waals surface area contributed by atoms with Gasteiger partial charge in [-0.25, -0.2) is 13.1 Å². The molecule has 0 bridgehead atoms. The minimum atomic E-state index is -3.45. The Kier molecular flexibility index (Phi) is 2.01. The molecule has 0 N–H and O–H groups in total. The van der Waals surface area contributed by atoms with Gasteiger partial charge in [0.2, 0.25) is 14.9 Å². The maximum absolute atomic E-state index is 11.0. The Morgan fingerprint density at radius 3 is 2.58 bits per heavy atom. The number of rotatable bonds is 1. The monoisotopic (exact) mass is 188 g/mol. The molecule has 1 aromatic heterocycles. The van der Waals surface area contributed by atoms with Crippen molar-refractivity contribution in [2.45, 2.75) is 11.9 Å². The summed E-state index contributed by atoms with van der Waals surface area (Å²) in [5.41, 5.74) is 0.502. The van der Waals surface area contributed by atoms with Gasteiger partial charge in [0, 0.05) is 19.2 Å². The lowest BCUT2D eigenvalue weighted by molar-refractivity contribution is -0.649. The SMILES string of the molecule is Cc1cc(S(C)(=O)=O)[n+]([O-])cn1. The highest BCUT2D eigenvalue weighted by molar-refractivity contribution is 7.90. The van der Waals surface area contributed by atoms with Crippen LogP contribution in [-0.2, 0) is 9.84 Å². The molecule has 0 aromatic carbocycles. The van der Waals surface area contributed by atoms with Crippen molar-refractivity contribution in [3.8, 4) is 0 Å². The molecule has 0 radical (unpaired) electrons. The molecule has 0 saturated carbocycles. The predicted molar refractivity (Wildman–Crippen MR) is 41.0 cm³/mol. The fourth-order valence-corrected chi connectivity index (χ4v) is 1.51. The zero-order chi connectivity index (χ0) is 9.35. The molecular formula is C6H8N2O3S. The first kappa shape index (κ1) is 8.92. The van der Waals surface area contributed by atoms with Crippen molar-refractivity contribution in [3.05, 3.63) is 23.3 Å². The lowest BCUT2D eigenvalue weighted by Crippen LogP contribution is -2.34. The topological polar surface area (TPSA) is 74.0 Å². The van der Waals surface area contributed by atoms with E-state index in [9.17, 15) is 13.6 Å². The first-order chi connectivity index (χ1) is 5.41. The number of nitrogens with zero attached hydrogens (tertiary/aromatic N) is 2.